The summed E-state index contributed by atoms with van der Waals surface area (Å²) in [6, 6.07) is 8.58. The number of aromatic nitrogens is 4. The first kappa shape index (κ1) is 24.7. The van der Waals surface area contributed by atoms with Crippen LogP contribution in [0.3, 0.4) is 0 Å². The number of aromatic amines is 1. The number of fused-ring (bicyclic) bond motifs is 2. The maximum Gasteiger partial charge on any atom is 0.439 e. The molecule has 5 aromatic rings. The molecule has 0 bridgehead atoms. The number of hydrogen-bond donors (Lipinski definition) is 1. The summed E-state index contributed by atoms with van der Waals surface area (Å²) in [7, 11) is 0. The van der Waals surface area contributed by atoms with Crippen LogP contribution in [0.2, 0.25) is 5.15 Å². The second kappa shape index (κ2) is 9.59. The Labute approximate surface area is 225 Å². The van der Waals surface area contributed by atoms with Gasteiger partial charge in [-0.3, -0.25) is 14.3 Å². The minimum absolute atomic E-state index is 0.0642. The molecule has 0 radical (unpaired) electrons. The zero-order valence-corrected chi connectivity index (χ0v) is 21.8. The van der Waals surface area contributed by atoms with Gasteiger partial charge in [-0.15, -0.1) is 0 Å². The number of aryl methyl sites for hydroxylation is 1. The van der Waals surface area contributed by atoms with Gasteiger partial charge in [-0.2, -0.15) is 0 Å². The molecule has 5 heterocycles. The van der Waals surface area contributed by atoms with Gasteiger partial charge in [-0.1, -0.05) is 16.8 Å². The van der Waals surface area contributed by atoms with Crippen LogP contribution >= 0.6 is 11.6 Å². The maximum atomic E-state index is 13.5. The molecule has 1 aromatic carbocycles. The molecule has 0 unspecified atom stereocenters. The summed E-state index contributed by atoms with van der Waals surface area (Å²) in [5.41, 5.74) is 2.88. The fourth-order valence-corrected chi connectivity index (χ4v) is 4.62. The largest absolute Gasteiger partial charge is 0.484 e. The summed E-state index contributed by atoms with van der Waals surface area (Å²) in [6.07, 6.45) is 0.966. The Kier molecular flexibility index (Phi) is 6.07. The molecular formula is C27H21ClN4O7. The molecule has 1 N–H and O–H groups in total. The van der Waals surface area contributed by atoms with Crippen molar-refractivity contribution in [3.05, 3.63) is 79.1 Å². The van der Waals surface area contributed by atoms with Crippen molar-refractivity contribution in [3.8, 4) is 40.2 Å². The molecule has 198 valence electrons. The summed E-state index contributed by atoms with van der Waals surface area (Å²) >= 11 is 6.09. The monoisotopic (exact) mass is 548 g/mol. The number of ether oxygens (including phenoxy) is 3. The fourth-order valence-electron chi connectivity index (χ4n) is 4.48. The summed E-state index contributed by atoms with van der Waals surface area (Å²) in [5, 5.41) is 4.29. The van der Waals surface area contributed by atoms with E-state index in [0.29, 0.717) is 58.3 Å². The predicted molar refractivity (Wildman–Crippen MR) is 141 cm³/mol. The van der Waals surface area contributed by atoms with Crippen molar-refractivity contribution in [1.82, 2.24) is 20.1 Å². The first-order chi connectivity index (χ1) is 18.8. The van der Waals surface area contributed by atoms with E-state index in [-0.39, 0.29) is 27.8 Å². The van der Waals surface area contributed by atoms with Crippen molar-refractivity contribution in [2.45, 2.75) is 26.9 Å². The Morgan fingerprint density at radius 2 is 1.92 bits per heavy atom. The number of hydrogen-bond acceptors (Lipinski definition) is 10. The van der Waals surface area contributed by atoms with E-state index in [0.717, 1.165) is 5.56 Å². The lowest BCUT2D eigenvalue weighted by atomic mass is 10.00. The van der Waals surface area contributed by atoms with Crippen molar-refractivity contribution in [2.75, 3.05) is 13.2 Å². The van der Waals surface area contributed by atoms with E-state index in [1.54, 1.807) is 37.4 Å². The predicted octanol–water partition coefficient (Wildman–Crippen LogP) is 4.77. The molecule has 12 heteroatoms. The average molecular weight is 549 g/mol. The Hall–Kier alpha value is -4.64. The minimum atomic E-state index is -0.742. The molecule has 0 saturated heterocycles. The fraction of sp³-hybridized carbons (Fsp3) is 0.222. The molecule has 1 atom stereocenters. The lowest BCUT2D eigenvalue weighted by Gasteiger charge is -2.20. The van der Waals surface area contributed by atoms with Crippen LogP contribution < -0.4 is 25.4 Å². The Morgan fingerprint density at radius 3 is 2.72 bits per heavy atom. The van der Waals surface area contributed by atoms with E-state index >= 15 is 0 Å². The number of halogens is 1. The van der Waals surface area contributed by atoms with Crippen LogP contribution in [0.25, 0.3) is 33.8 Å². The molecule has 1 aliphatic heterocycles. The van der Waals surface area contributed by atoms with Crippen LogP contribution in [-0.4, -0.2) is 33.3 Å². The SMILES string of the molecule is Cc1cc([C@@H](C)Oc2ccc(Cl)nc2-c2noc(=O)[nH]2)c2oc(-c3cnc4c(c3)OCCO4)c(C)c(=O)c2c1. The summed E-state index contributed by atoms with van der Waals surface area (Å²) in [4.78, 5) is 36.1. The highest BCUT2D eigenvalue weighted by atomic mass is 35.5. The van der Waals surface area contributed by atoms with Crippen molar-refractivity contribution in [1.29, 1.82) is 0 Å². The van der Waals surface area contributed by atoms with Crippen LogP contribution in [0.15, 0.2) is 55.1 Å². The van der Waals surface area contributed by atoms with Gasteiger partial charge >= 0.3 is 5.76 Å². The first-order valence-corrected chi connectivity index (χ1v) is 12.4. The Morgan fingerprint density at radius 1 is 1.10 bits per heavy atom. The average Bonchev–Trinajstić information content (AvgIpc) is 3.37. The molecule has 4 aromatic heterocycles. The second-order valence-corrected chi connectivity index (χ2v) is 9.41. The molecule has 0 aliphatic carbocycles. The number of nitrogens with zero attached hydrogens (tertiary/aromatic N) is 3. The Balaban J connectivity index is 1.47. The van der Waals surface area contributed by atoms with Gasteiger partial charge in [0, 0.05) is 22.9 Å². The number of pyridine rings is 2. The summed E-state index contributed by atoms with van der Waals surface area (Å²) in [5.74, 6) is 0.851. The van der Waals surface area contributed by atoms with Crippen molar-refractivity contribution in [2.24, 2.45) is 0 Å². The van der Waals surface area contributed by atoms with Crippen LogP contribution in [-0.2, 0) is 0 Å². The van der Waals surface area contributed by atoms with Gasteiger partial charge < -0.3 is 18.6 Å². The van der Waals surface area contributed by atoms with E-state index in [1.165, 1.54) is 0 Å². The van der Waals surface area contributed by atoms with E-state index < -0.39 is 11.9 Å². The summed E-state index contributed by atoms with van der Waals surface area (Å²) < 4.78 is 28.5. The standard InChI is InChI=1S/C27H21ClN4O7/c1-12-8-16(14(3)37-18-4-5-20(28)30-21(18)25-31-27(34)39-32-25)24-17(9-12)22(33)13(2)23(38-24)15-10-19-26(29-11-15)36-7-6-35-19/h4-5,8-11,14H,6-7H2,1-3H3,(H,31,32,34)/t14-/m1/s1. The number of benzene rings is 1. The van der Waals surface area contributed by atoms with Gasteiger partial charge in [0.25, 0.3) is 5.88 Å². The molecule has 39 heavy (non-hydrogen) atoms. The molecule has 0 fully saturated rings. The van der Waals surface area contributed by atoms with Gasteiger partial charge in [0.1, 0.15) is 41.6 Å². The van der Waals surface area contributed by atoms with E-state index in [4.69, 9.17) is 30.2 Å². The number of H-pyrrole nitrogens is 1. The smallest absolute Gasteiger partial charge is 0.439 e. The molecule has 0 amide bonds. The molecule has 1 aliphatic rings. The van der Waals surface area contributed by atoms with Crippen LogP contribution in [0, 0.1) is 13.8 Å². The Bertz CT molecular complexity index is 1860. The second-order valence-electron chi connectivity index (χ2n) is 9.02. The lowest BCUT2D eigenvalue weighted by Crippen LogP contribution is -2.16. The van der Waals surface area contributed by atoms with Gasteiger partial charge in [0.05, 0.1) is 5.39 Å². The minimum Gasteiger partial charge on any atom is -0.484 e. The number of nitrogens with one attached hydrogen (secondary N) is 1. The molecule has 6 rings (SSSR count). The molecular weight excluding hydrogens is 528 g/mol. The van der Waals surface area contributed by atoms with Crippen molar-refractivity contribution in [3.63, 3.8) is 0 Å². The lowest BCUT2D eigenvalue weighted by molar-refractivity contribution is 0.164. The van der Waals surface area contributed by atoms with Gasteiger partial charge in [0.2, 0.25) is 5.82 Å². The van der Waals surface area contributed by atoms with Gasteiger partial charge in [0.15, 0.2) is 16.9 Å². The summed E-state index contributed by atoms with van der Waals surface area (Å²) in [6.45, 7) is 6.23. The van der Waals surface area contributed by atoms with E-state index in [1.807, 2.05) is 19.9 Å². The van der Waals surface area contributed by atoms with Crippen molar-refractivity contribution < 1.29 is 23.2 Å². The highest BCUT2D eigenvalue weighted by Gasteiger charge is 2.23. The van der Waals surface area contributed by atoms with Crippen LogP contribution in [0.5, 0.6) is 17.4 Å². The number of rotatable bonds is 5. The van der Waals surface area contributed by atoms with Crippen LogP contribution in [0.1, 0.15) is 29.7 Å². The third-order valence-electron chi connectivity index (χ3n) is 6.28. The zero-order chi connectivity index (χ0) is 27.3. The highest BCUT2D eigenvalue weighted by Crippen LogP contribution is 2.37. The third kappa shape index (κ3) is 4.50. The highest BCUT2D eigenvalue weighted by molar-refractivity contribution is 6.29. The van der Waals surface area contributed by atoms with E-state index in [9.17, 15) is 9.59 Å². The van der Waals surface area contributed by atoms with Crippen LogP contribution in [0.4, 0.5) is 0 Å². The molecule has 0 saturated carbocycles. The van der Waals surface area contributed by atoms with Gasteiger partial charge in [-0.25, -0.2) is 14.8 Å². The quantitative estimate of drug-likeness (QED) is 0.305. The normalized spacial score (nSPS) is 13.4. The van der Waals surface area contributed by atoms with E-state index in [2.05, 4.69) is 24.6 Å². The topological polar surface area (TPSA) is 143 Å². The first-order valence-electron chi connectivity index (χ1n) is 12.0. The molecule has 0 spiro atoms. The van der Waals surface area contributed by atoms with Crippen molar-refractivity contribution >= 4 is 22.6 Å². The molecule has 11 nitrogen and oxygen atoms in total. The third-order valence-corrected chi connectivity index (χ3v) is 6.49. The maximum absolute atomic E-state index is 13.5. The zero-order valence-electron chi connectivity index (χ0n) is 21.0. The van der Waals surface area contributed by atoms with Gasteiger partial charge in [-0.05, 0) is 56.7 Å².